The highest BCUT2D eigenvalue weighted by Crippen LogP contribution is 2.54. The van der Waals surface area contributed by atoms with E-state index in [9.17, 15) is 13.2 Å². The molecule has 0 aromatic heterocycles. The van der Waals surface area contributed by atoms with Crippen LogP contribution in [0.25, 0.3) is 10.8 Å². The number of fused-ring (bicyclic) bond motifs is 1. The Morgan fingerprint density at radius 2 is 1.62 bits per heavy atom. The van der Waals surface area contributed by atoms with Gasteiger partial charge in [0.15, 0.2) is 12.5 Å². The zero-order valence-corrected chi connectivity index (χ0v) is 14.0. The molecule has 2 nitrogen and oxygen atoms in total. The van der Waals surface area contributed by atoms with E-state index in [0.717, 1.165) is 22.7 Å². The number of aryl methyl sites for hydroxylation is 1. The van der Waals surface area contributed by atoms with Gasteiger partial charge in [-0.15, -0.1) is 0 Å². The number of ether oxygens (including phenoxy) is 1. The lowest BCUT2D eigenvalue weighted by Crippen LogP contribution is -2.44. The van der Waals surface area contributed by atoms with E-state index >= 15 is 0 Å². The maximum Gasteiger partial charge on any atom is 0.421 e. The monoisotopic (exact) mass is 355 g/mol. The fraction of sp³-hybridized carbons (Fsp3) is 0.190. The van der Waals surface area contributed by atoms with E-state index in [4.69, 9.17) is 4.74 Å². The highest BCUT2D eigenvalue weighted by Gasteiger charge is 2.64. The first kappa shape index (κ1) is 16.6. The van der Waals surface area contributed by atoms with Gasteiger partial charge in [0.1, 0.15) is 0 Å². The van der Waals surface area contributed by atoms with E-state index in [1.807, 2.05) is 37.3 Å². The fourth-order valence-electron chi connectivity index (χ4n) is 3.45. The summed E-state index contributed by atoms with van der Waals surface area (Å²) in [7, 11) is 0. The summed E-state index contributed by atoms with van der Waals surface area (Å²) in [4.78, 5) is 3.80. The average Bonchev–Trinajstić information content (AvgIpc) is 3.08. The van der Waals surface area contributed by atoms with E-state index in [0.29, 0.717) is 5.56 Å². The Hall–Kier alpha value is -2.82. The van der Waals surface area contributed by atoms with Gasteiger partial charge in [0.05, 0.1) is 0 Å². The van der Waals surface area contributed by atoms with Crippen LogP contribution in [-0.2, 0) is 10.3 Å². The molecule has 132 valence electrons. The Morgan fingerprint density at radius 1 is 0.923 bits per heavy atom. The maximum atomic E-state index is 14.3. The van der Waals surface area contributed by atoms with Gasteiger partial charge in [-0.25, -0.2) is 4.99 Å². The van der Waals surface area contributed by atoms with Crippen LogP contribution < -0.4 is 0 Å². The highest BCUT2D eigenvalue weighted by molar-refractivity contribution is 5.83. The van der Waals surface area contributed by atoms with E-state index in [1.165, 1.54) is 12.1 Å². The van der Waals surface area contributed by atoms with Crippen molar-refractivity contribution in [1.29, 1.82) is 0 Å². The van der Waals surface area contributed by atoms with Crippen molar-refractivity contribution in [3.63, 3.8) is 0 Å². The Morgan fingerprint density at radius 3 is 2.31 bits per heavy atom. The summed E-state index contributed by atoms with van der Waals surface area (Å²) in [6.45, 7) is 1.83. The van der Waals surface area contributed by atoms with Crippen LogP contribution in [0.15, 0.2) is 71.7 Å². The standard InChI is InChI=1S/C21H16F3NO/c1-14-6-10-18(11-7-14)20(21(22,23)24)19(26-13-25-20)17-9-8-15-4-2-3-5-16(15)12-17/h2-13,19H,1H3/t19-,20+/m0/s1. The molecule has 0 saturated carbocycles. The van der Waals surface area contributed by atoms with Crippen LogP contribution in [-0.4, -0.2) is 12.6 Å². The van der Waals surface area contributed by atoms with Crippen molar-refractivity contribution in [2.45, 2.75) is 24.7 Å². The molecule has 0 bridgehead atoms. The minimum Gasteiger partial charge on any atom is -0.472 e. The second-order valence-electron chi connectivity index (χ2n) is 6.49. The van der Waals surface area contributed by atoms with Crippen LogP contribution in [0, 0.1) is 6.92 Å². The third kappa shape index (κ3) is 2.46. The minimum atomic E-state index is -4.61. The number of benzene rings is 3. The normalized spacial score (nSPS) is 22.5. The Kier molecular flexibility index (Phi) is 3.75. The first-order valence-electron chi connectivity index (χ1n) is 8.23. The summed E-state index contributed by atoms with van der Waals surface area (Å²) in [5.74, 6) is 0. The quantitative estimate of drug-likeness (QED) is 0.577. The SMILES string of the molecule is Cc1ccc([C@@]2(C(F)(F)F)N=CO[C@H]2c2ccc3ccccc3c2)cc1. The van der Waals surface area contributed by atoms with Gasteiger partial charge in [-0.1, -0.05) is 66.2 Å². The zero-order valence-electron chi connectivity index (χ0n) is 14.0. The molecule has 0 N–H and O–H groups in total. The molecule has 3 aromatic rings. The van der Waals surface area contributed by atoms with Crippen LogP contribution in [0.5, 0.6) is 0 Å². The maximum absolute atomic E-state index is 14.3. The number of hydrogen-bond donors (Lipinski definition) is 0. The van der Waals surface area contributed by atoms with Gasteiger partial charge in [-0.2, -0.15) is 13.2 Å². The molecule has 1 aliphatic rings. The first-order valence-corrected chi connectivity index (χ1v) is 8.23. The first-order chi connectivity index (χ1) is 12.4. The molecule has 26 heavy (non-hydrogen) atoms. The lowest BCUT2D eigenvalue weighted by atomic mass is 9.80. The van der Waals surface area contributed by atoms with Crippen molar-refractivity contribution in [2.24, 2.45) is 4.99 Å². The number of alkyl halides is 3. The molecule has 0 unspecified atom stereocenters. The van der Waals surface area contributed by atoms with Gasteiger partial charge >= 0.3 is 6.18 Å². The summed E-state index contributed by atoms with van der Waals surface area (Å²) in [6, 6.07) is 19.0. The van der Waals surface area contributed by atoms with Crippen molar-refractivity contribution in [2.75, 3.05) is 0 Å². The van der Waals surface area contributed by atoms with E-state index in [1.54, 1.807) is 24.3 Å². The van der Waals surface area contributed by atoms with Crippen molar-refractivity contribution >= 4 is 17.2 Å². The molecule has 0 amide bonds. The van der Waals surface area contributed by atoms with Gasteiger partial charge < -0.3 is 4.74 Å². The van der Waals surface area contributed by atoms with Crippen LogP contribution in [0.2, 0.25) is 0 Å². The van der Waals surface area contributed by atoms with Crippen molar-refractivity contribution in [3.05, 3.63) is 83.4 Å². The van der Waals surface area contributed by atoms with E-state index in [-0.39, 0.29) is 5.56 Å². The number of aliphatic imine (C=N–C) groups is 1. The van der Waals surface area contributed by atoms with Gasteiger partial charge in [0.25, 0.3) is 0 Å². The summed E-state index contributed by atoms with van der Waals surface area (Å²) in [6.07, 6.45) is -4.95. The molecule has 2 atom stereocenters. The summed E-state index contributed by atoms with van der Waals surface area (Å²) in [5, 5.41) is 1.82. The third-order valence-corrected chi connectivity index (χ3v) is 4.83. The Bertz CT molecular complexity index is 978. The predicted molar refractivity (Wildman–Crippen MR) is 95.2 cm³/mol. The summed E-state index contributed by atoms with van der Waals surface area (Å²) < 4.78 is 48.2. The largest absolute Gasteiger partial charge is 0.472 e. The predicted octanol–water partition coefficient (Wildman–Crippen LogP) is 5.71. The molecule has 0 spiro atoms. The van der Waals surface area contributed by atoms with E-state index < -0.39 is 17.8 Å². The molecule has 1 aliphatic heterocycles. The van der Waals surface area contributed by atoms with Gasteiger partial charge in [-0.05, 0) is 34.9 Å². The topological polar surface area (TPSA) is 21.6 Å². The fourth-order valence-corrected chi connectivity index (χ4v) is 3.45. The van der Waals surface area contributed by atoms with Crippen LogP contribution in [0.4, 0.5) is 13.2 Å². The van der Waals surface area contributed by atoms with Crippen molar-refractivity contribution in [3.8, 4) is 0 Å². The molecule has 4 rings (SSSR count). The van der Waals surface area contributed by atoms with Crippen LogP contribution in [0.1, 0.15) is 22.8 Å². The second kappa shape index (κ2) is 5.87. The summed E-state index contributed by atoms with van der Waals surface area (Å²) in [5.41, 5.74) is -1.05. The number of hydrogen-bond acceptors (Lipinski definition) is 2. The summed E-state index contributed by atoms with van der Waals surface area (Å²) >= 11 is 0. The van der Waals surface area contributed by atoms with E-state index in [2.05, 4.69) is 4.99 Å². The molecule has 0 aliphatic carbocycles. The van der Waals surface area contributed by atoms with Crippen LogP contribution in [0.3, 0.4) is 0 Å². The number of nitrogens with zero attached hydrogens (tertiary/aromatic N) is 1. The van der Waals surface area contributed by atoms with Gasteiger partial charge in [0, 0.05) is 0 Å². The lowest BCUT2D eigenvalue weighted by Gasteiger charge is -2.34. The molecular formula is C21H16F3NO. The van der Waals surface area contributed by atoms with Crippen molar-refractivity contribution in [1.82, 2.24) is 0 Å². The average molecular weight is 355 g/mol. The Labute approximate surface area is 148 Å². The minimum absolute atomic E-state index is 0.0718. The van der Waals surface area contributed by atoms with Gasteiger partial charge in [0.2, 0.25) is 5.54 Å². The molecule has 0 radical (unpaired) electrons. The second-order valence-corrected chi connectivity index (χ2v) is 6.49. The number of halogens is 3. The number of rotatable bonds is 2. The lowest BCUT2D eigenvalue weighted by molar-refractivity contribution is -0.207. The van der Waals surface area contributed by atoms with Crippen LogP contribution >= 0.6 is 0 Å². The van der Waals surface area contributed by atoms with Crippen molar-refractivity contribution < 1.29 is 17.9 Å². The molecule has 3 aromatic carbocycles. The zero-order chi connectivity index (χ0) is 18.4. The smallest absolute Gasteiger partial charge is 0.421 e. The molecular weight excluding hydrogens is 339 g/mol. The Balaban J connectivity index is 1.89. The third-order valence-electron chi connectivity index (χ3n) is 4.83. The highest BCUT2D eigenvalue weighted by atomic mass is 19.4. The van der Waals surface area contributed by atoms with Gasteiger partial charge in [-0.3, -0.25) is 0 Å². The molecule has 1 heterocycles. The molecule has 0 saturated heterocycles. The molecule has 0 fully saturated rings. The molecule has 5 heteroatoms.